The molecular weight excluding hydrogens is 521 g/mol. The lowest BCUT2D eigenvalue weighted by molar-refractivity contribution is 0.00744. The lowest BCUT2D eigenvalue weighted by Crippen LogP contribution is -2.49. The van der Waals surface area contributed by atoms with Crippen LogP contribution in [0.25, 0.3) is 0 Å². The molecule has 0 saturated heterocycles. The number of aromatic nitrogens is 1. The van der Waals surface area contributed by atoms with E-state index in [1.807, 2.05) is 58.7 Å². The van der Waals surface area contributed by atoms with Crippen molar-refractivity contribution in [3.63, 3.8) is 0 Å². The van der Waals surface area contributed by atoms with Crippen LogP contribution >= 0.6 is 22.6 Å². The van der Waals surface area contributed by atoms with Crippen molar-refractivity contribution in [2.24, 2.45) is 0 Å². The van der Waals surface area contributed by atoms with Gasteiger partial charge in [0, 0.05) is 30.2 Å². The van der Waals surface area contributed by atoms with Crippen molar-refractivity contribution in [1.82, 2.24) is 15.2 Å². The van der Waals surface area contributed by atoms with Crippen LogP contribution in [0.3, 0.4) is 0 Å². The maximum atomic E-state index is 13.2. The van der Waals surface area contributed by atoms with E-state index in [0.29, 0.717) is 5.92 Å². The number of amides is 2. The lowest BCUT2D eigenvalue weighted by Gasteiger charge is -2.38. The quantitative estimate of drug-likeness (QED) is 0.384. The molecule has 2 atom stereocenters. The summed E-state index contributed by atoms with van der Waals surface area (Å²) < 4.78 is 12.1. The highest BCUT2D eigenvalue weighted by molar-refractivity contribution is 14.1. The predicted molar refractivity (Wildman–Crippen MR) is 132 cm³/mol. The number of nitrogens with one attached hydrogen (secondary N) is 1. The van der Waals surface area contributed by atoms with Crippen LogP contribution in [0.5, 0.6) is 0 Å². The molecule has 1 N–H and O–H groups in total. The molecule has 7 nitrogen and oxygen atoms in total. The first kappa shape index (κ1) is 25.1. The Morgan fingerprint density at radius 1 is 1.03 bits per heavy atom. The highest BCUT2D eigenvalue weighted by Crippen LogP contribution is 2.47. The van der Waals surface area contributed by atoms with Gasteiger partial charge in [-0.05, 0) is 108 Å². The number of halogens is 1. The van der Waals surface area contributed by atoms with Crippen LogP contribution in [0.2, 0.25) is 0 Å². The maximum absolute atomic E-state index is 13.2. The summed E-state index contributed by atoms with van der Waals surface area (Å²) in [7, 11) is 0. The normalized spacial score (nSPS) is 25.6. The minimum absolute atomic E-state index is 0.0667. The molecule has 1 aromatic rings. The zero-order valence-electron chi connectivity index (χ0n) is 20.0. The fourth-order valence-electron chi connectivity index (χ4n) is 4.30. The summed E-state index contributed by atoms with van der Waals surface area (Å²) in [6.45, 7) is 11.3. The standard InChI is InChI=1S/C24H36IN3O4/c1-23(2,3)31-21(29)27-16-8-10-17(11-9-16)28(22(30)32-24(4,5)6)19-13-18(19)15-7-12-20(25)26-14-15/h7,12,14,16-19H,8-11,13H2,1-6H3,(H,27,29)/t16?,17?,18-,19?/m1/s1. The van der Waals surface area contributed by atoms with Gasteiger partial charge < -0.3 is 19.7 Å². The van der Waals surface area contributed by atoms with E-state index in [1.165, 1.54) is 5.56 Å². The molecule has 0 radical (unpaired) electrons. The zero-order chi connectivity index (χ0) is 23.7. The van der Waals surface area contributed by atoms with Gasteiger partial charge in [-0.3, -0.25) is 4.98 Å². The zero-order valence-corrected chi connectivity index (χ0v) is 22.1. The molecule has 0 bridgehead atoms. The first-order chi connectivity index (χ1) is 14.8. The summed E-state index contributed by atoms with van der Waals surface area (Å²) in [6.07, 6.45) is 5.50. The molecule has 2 saturated carbocycles. The molecule has 8 heteroatoms. The average Bonchev–Trinajstić information content (AvgIpc) is 3.41. The number of alkyl carbamates (subject to hydrolysis) is 1. The molecule has 1 aromatic heterocycles. The van der Waals surface area contributed by atoms with Crippen molar-refractivity contribution in [3.05, 3.63) is 27.6 Å². The number of pyridine rings is 1. The van der Waals surface area contributed by atoms with Crippen molar-refractivity contribution < 1.29 is 19.1 Å². The summed E-state index contributed by atoms with van der Waals surface area (Å²) in [4.78, 5) is 31.7. The van der Waals surface area contributed by atoms with Crippen molar-refractivity contribution in [3.8, 4) is 0 Å². The topological polar surface area (TPSA) is 80.8 Å². The van der Waals surface area contributed by atoms with E-state index >= 15 is 0 Å². The summed E-state index contributed by atoms with van der Waals surface area (Å²) in [5.41, 5.74) is 0.115. The van der Waals surface area contributed by atoms with Gasteiger partial charge in [0.05, 0.1) is 0 Å². The first-order valence-electron chi connectivity index (χ1n) is 11.4. The van der Waals surface area contributed by atoms with Crippen molar-refractivity contribution in [2.45, 2.75) is 109 Å². The Labute approximate surface area is 205 Å². The third-order valence-electron chi connectivity index (χ3n) is 5.71. The van der Waals surface area contributed by atoms with E-state index in [4.69, 9.17) is 9.47 Å². The molecule has 178 valence electrons. The van der Waals surface area contributed by atoms with E-state index in [0.717, 1.165) is 35.8 Å². The summed E-state index contributed by atoms with van der Waals surface area (Å²) in [6, 6.07) is 4.42. The Hall–Kier alpha value is -1.58. The summed E-state index contributed by atoms with van der Waals surface area (Å²) in [5.74, 6) is 0.296. The number of carbonyl (C=O) groups excluding carboxylic acids is 2. The second kappa shape index (κ2) is 9.73. The highest BCUT2D eigenvalue weighted by atomic mass is 127. The Morgan fingerprint density at radius 2 is 1.66 bits per heavy atom. The summed E-state index contributed by atoms with van der Waals surface area (Å²) in [5, 5.41) is 2.98. The second-order valence-corrected chi connectivity index (χ2v) is 12.0. The SMILES string of the molecule is CC(C)(C)OC(=O)NC1CCC(N(C(=O)OC(C)(C)C)C2C[C@@H]2c2ccc(I)nc2)CC1. The van der Waals surface area contributed by atoms with Crippen LogP contribution in [0, 0.1) is 3.70 Å². The monoisotopic (exact) mass is 557 g/mol. The lowest BCUT2D eigenvalue weighted by atomic mass is 9.90. The molecule has 0 aromatic carbocycles. The van der Waals surface area contributed by atoms with Crippen LogP contribution in [0.1, 0.15) is 85.1 Å². The average molecular weight is 557 g/mol. The molecular formula is C24H36IN3O4. The van der Waals surface area contributed by atoms with E-state index in [-0.39, 0.29) is 30.3 Å². The number of hydrogen-bond acceptors (Lipinski definition) is 5. The van der Waals surface area contributed by atoms with Crippen molar-refractivity contribution in [2.75, 3.05) is 0 Å². The van der Waals surface area contributed by atoms with Crippen LogP contribution in [0.4, 0.5) is 9.59 Å². The smallest absolute Gasteiger partial charge is 0.410 e. The molecule has 2 fully saturated rings. The second-order valence-electron chi connectivity index (χ2n) is 10.9. The summed E-state index contributed by atoms with van der Waals surface area (Å²) >= 11 is 2.20. The molecule has 0 aliphatic heterocycles. The van der Waals surface area contributed by atoms with Crippen LogP contribution < -0.4 is 5.32 Å². The van der Waals surface area contributed by atoms with Gasteiger partial charge >= 0.3 is 12.2 Å². The number of ether oxygens (including phenoxy) is 2. The molecule has 3 rings (SSSR count). The van der Waals surface area contributed by atoms with Crippen LogP contribution in [-0.2, 0) is 9.47 Å². The van der Waals surface area contributed by atoms with E-state index in [9.17, 15) is 9.59 Å². The van der Waals surface area contributed by atoms with Gasteiger partial charge in [-0.2, -0.15) is 0 Å². The third-order valence-corrected chi connectivity index (χ3v) is 6.35. The molecule has 0 spiro atoms. The molecule has 2 amide bonds. The minimum Gasteiger partial charge on any atom is -0.444 e. The first-order valence-corrected chi connectivity index (χ1v) is 12.5. The molecule has 2 aliphatic rings. The number of carbonyl (C=O) groups is 2. The maximum Gasteiger partial charge on any atom is 0.410 e. The van der Waals surface area contributed by atoms with Gasteiger partial charge in [-0.25, -0.2) is 9.59 Å². The Balaban J connectivity index is 1.64. The van der Waals surface area contributed by atoms with Gasteiger partial charge in [-0.15, -0.1) is 0 Å². The Morgan fingerprint density at radius 3 is 2.19 bits per heavy atom. The minimum atomic E-state index is -0.542. The van der Waals surface area contributed by atoms with Crippen molar-refractivity contribution in [1.29, 1.82) is 0 Å². The van der Waals surface area contributed by atoms with Gasteiger partial charge in [0.1, 0.15) is 14.9 Å². The Bertz CT molecular complexity index is 808. The van der Waals surface area contributed by atoms with Crippen LogP contribution in [-0.4, -0.2) is 51.4 Å². The molecule has 2 aliphatic carbocycles. The largest absolute Gasteiger partial charge is 0.444 e. The van der Waals surface area contributed by atoms with E-state index < -0.39 is 11.2 Å². The van der Waals surface area contributed by atoms with Gasteiger partial charge in [0.25, 0.3) is 0 Å². The number of nitrogens with zero attached hydrogens (tertiary/aromatic N) is 2. The predicted octanol–water partition coefficient (Wildman–Crippen LogP) is 5.62. The van der Waals surface area contributed by atoms with Crippen molar-refractivity contribution >= 4 is 34.8 Å². The van der Waals surface area contributed by atoms with E-state index in [1.54, 1.807) is 0 Å². The fraction of sp³-hybridized carbons (Fsp3) is 0.708. The molecule has 1 unspecified atom stereocenters. The van der Waals surface area contributed by atoms with Gasteiger partial charge in [0.2, 0.25) is 0 Å². The molecule has 32 heavy (non-hydrogen) atoms. The Kier molecular flexibility index (Phi) is 7.62. The van der Waals surface area contributed by atoms with Gasteiger partial charge in [0.15, 0.2) is 0 Å². The number of hydrogen-bond donors (Lipinski definition) is 1. The van der Waals surface area contributed by atoms with Gasteiger partial charge in [-0.1, -0.05) is 6.07 Å². The fourth-order valence-corrected chi connectivity index (χ4v) is 4.62. The number of rotatable bonds is 4. The highest BCUT2D eigenvalue weighted by Gasteiger charge is 2.49. The van der Waals surface area contributed by atoms with Crippen LogP contribution in [0.15, 0.2) is 18.3 Å². The third kappa shape index (κ3) is 7.22. The molecule has 1 heterocycles. The van der Waals surface area contributed by atoms with E-state index in [2.05, 4.69) is 39.0 Å².